The number of piperidine rings is 1. The molecule has 1 aromatic carbocycles. The highest BCUT2D eigenvalue weighted by Gasteiger charge is 2.25. The first kappa shape index (κ1) is 20.1. The zero-order valence-electron chi connectivity index (χ0n) is 17.9. The van der Waals surface area contributed by atoms with Crippen LogP contribution in [0.25, 0.3) is 0 Å². The molecule has 0 unspecified atom stereocenters. The van der Waals surface area contributed by atoms with Crippen molar-refractivity contribution in [3.63, 3.8) is 0 Å². The van der Waals surface area contributed by atoms with E-state index in [1.165, 1.54) is 5.56 Å². The van der Waals surface area contributed by atoms with Crippen molar-refractivity contribution >= 4 is 11.7 Å². The molecule has 1 saturated heterocycles. The molecule has 4 rings (SSSR count). The zero-order valence-corrected chi connectivity index (χ0v) is 17.9. The van der Waals surface area contributed by atoms with Gasteiger partial charge in [0.2, 0.25) is 0 Å². The SMILES string of the molecule is Cc1cccc(N2CCC(NC(=O)c3c(C)nn(Cc4ccccc4)c3C)CC2)n1. The molecular weight excluding hydrogens is 374 g/mol. The molecule has 1 N–H and O–H groups in total. The molecule has 0 saturated carbocycles. The standard InChI is InChI=1S/C24H29N5O/c1-17-8-7-11-22(25-17)28-14-12-21(13-15-28)26-24(30)23-18(2)27-29(19(23)3)16-20-9-5-4-6-10-20/h4-11,21H,12-16H2,1-3H3,(H,26,30). The summed E-state index contributed by atoms with van der Waals surface area (Å²) in [6.45, 7) is 8.36. The largest absolute Gasteiger partial charge is 0.356 e. The van der Waals surface area contributed by atoms with Gasteiger partial charge in [-0.25, -0.2) is 4.98 Å². The van der Waals surface area contributed by atoms with E-state index in [2.05, 4.69) is 38.5 Å². The number of aryl methyl sites for hydroxylation is 2. The van der Waals surface area contributed by atoms with Gasteiger partial charge in [-0.2, -0.15) is 5.10 Å². The first-order valence-corrected chi connectivity index (χ1v) is 10.6. The molecule has 1 aliphatic rings. The normalized spacial score (nSPS) is 14.7. The van der Waals surface area contributed by atoms with E-state index in [9.17, 15) is 4.79 Å². The topological polar surface area (TPSA) is 63.1 Å². The lowest BCUT2D eigenvalue weighted by molar-refractivity contribution is 0.0929. The van der Waals surface area contributed by atoms with Crippen LogP contribution >= 0.6 is 0 Å². The fraction of sp³-hybridized carbons (Fsp3) is 0.375. The first-order valence-electron chi connectivity index (χ1n) is 10.6. The van der Waals surface area contributed by atoms with Gasteiger partial charge in [0.05, 0.1) is 17.8 Å². The number of carbonyl (C=O) groups excluding carboxylic acids is 1. The summed E-state index contributed by atoms with van der Waals surface area (Å²) in [6.07, 6.45) is 1.83. The number of anilines is 1. The van der Waals surface area contributed by atoms with Crippen molar-refractivity contribution in [2.45, 2.75) is 46.2 Å². The van der Waals surface area contributed by atoms with E-state index in [-0.39, 0.29) is 11.9 Å². The van der Waals surface area contributed by atoms with Gasteiger partial charge >= 0.3 is 0 Å². The molecule has 0 atom stereocenters. The van der Waals surface area contributed by atoms with Gasteiger partial charge < -0.3 is 10.2 Å². The van der Waals surface area contributed by atoms with Gasteiger partial charge in [0.25, 0.3) is 5.91 Å². The third-order valence-electron chi connectivity index (χ3n) is 5.81. The van der Waals surface area contributed by atoms with Crippen LogP contribution in [0.3, 0.4) is 0 Å². The van der Waals surface area contributed by atoms with Gasteiger partial charge in [0, 0.05) is 30.5 Å². The average Bonchev–Trinajstić information content (AvgIpc) is 3.02. The molecule has 3 heterocycles. The van der Waals surface area contributed by atoms with E-state index < -0.39 is 0 Å². The summed E-state index contributed by atoms with van der Waals surface area (Å²) >= 11 is 0. The number of rotatable bonds is 5. The zero-order chi connectivity index (χ0) is 21.1. The number of pyridine rings is 1. The Morgan fingerprint density at radius 2 is 1.77 bits per heavy atom. The predicted octanol–water partition coefficient (Wildman–Crippen LogP) is 3.65. The van der Waals surface area contributed by atoms with Crippen LogP contribution in [0.2, 0.25) is 0 Å². The summed E-state index contributed by atoms with van der Waals surface area (Å²) in [6, 6.07) is 16.5. The van der Waals surface area contributed by atoms with E-state index in [1.807, 2.05) is 55.8 Å². The van der Waals surface area contributed by atoms with E-state index >= 15 is 0 Å². The van der Waals surface area contributed by atoms with Crippen LogP contribution in [0.1, 0.15) is 45.8 Å². The summed E-state index contributed by atoms with van der Waals surface area (Å²) in [5.41, 5.74) is 4.60. The molecule has 30 heavy (non-hydrogen) atoms. The van der Waals surface area contributed by atoms with Crippen molar-refractivity contribution in [3.05, 3.63) is 76.7 Å². The van der Waals surface area contributed by atoms with Gasteiger partial charge in [-0.05, 0) is 51.3 Å². The number of carbonyl (C=O) groups is 1. The number of nitrogens with one attached hydrogen (secondary N) is 1. The van der Waals surface area contributed by atoms with E-state index in [0.29, 0.717) is 12.1 Å². The number of benzene rings is 1. The van der Waals surface area contributed by atoms with Crippen LogP contribution in [0.5, 0.6) is 0 Å². The van der Waals surface area contributed by atoms with Crippen molar-refractivity contribution in [1.29, 1.82) is 0 Å². The highest BCUT2D eigenvalue weighted by Crippen LogP contribution is 2.20. The molecule has 6 nitrogen and oxygen atoms in total. The minimum atomic E-state index is -0.0172. The predicted molar refractivity (Wildman–Crippen MR) is 119 cm³/mol. The molecule has 0 radical (unpaired) electrons. The Bertz CT molecular complexity index is 1020. The molecule has 156 valence electrons. The molecular formula is C24H29N5O. The number of nitrogens with zero attached hydrogens (tertiary/aromatic N) is 4. The summed E-state index contributed by atoms with van der Waals surface area (Å²) < 4.78 is 1.92. The summed E-state index contributed by atoms with van der Waals surface area (Å²) in [5.74, 6) is 1.00. The maximum absolute atomic E-state index is 13.0. The maximum Gasteiger partial charge on any atom is 0.255 e. The smallest absolute Gasteiger partial charge is 0.255 e. The lowest BCUT2D eigenvalue weighted by Gasteiger charge is -2.33. The van der Waals surface area contributed by atoms with E-state index in [0.717, 1.165) is 48.8 Å². The number of hydrogen-bond acceptors (Lipinski definition) is 4. The first-order chi connectivity index (χ1) is 14.5. The van der Waals surface area contributed by atoms with Crippen LogP contribution < -0.4 is 10.2 Å². The summed E-state index contributed by atoms with van der Waals surface area (Å²) in [5, 5.41) is 7.86. The molecule has 1 fully saturated rings. The quantitative estimate of drug-likeness (QED) is 0.706. The van der Waals surface area contributed by atoms with Crippen LogP contribution in [0, 0.1) is 20.8 Å². The minimum absolute atomic E-state index is 0.0172. The van der Waals surface area contributed by atoms with Crippen LogP contribution in [0.15, 0.2) is 48.5 Å². The second-order valence-electron chi connectivity index (χ2n) is 8.06. The number of amides is 1. The highest BCUT2D eigenvalue weighted by molar-refractivity contribution is 5.96. The van der Waals surface area contributed by atoms with Gasteiger partial charge in [0.15, 0.2) is 0 Å². The summed E-state index contributed by atoms with van der Waals surface area (Å²) in [4.78, 5) is 19.9. The Hall–Kier alpha value is -3.15. The molecule has 0 aliphatic carbocycles. The number of aromatic nitrogens is 3. The van der Waals surface area contributed by atoms with Gasteiger partial charge in [-0.1, -0.05) is 36.4 Å². The third kappa shape index (κ3) is 4.37. The van der Waals surface area contributed by atoms with Crippen molar-refractivity contribution in [2.75, 3.05) is 18.0 Å². The van der Waals surface area contributed by atoms with Crippen molar-refractivity contribution in [3.8, 4) is 0 Å². The van der Waals surface area contributed by atoms with E-state index in [1.54, 1.807) is 0 Å². The molecule has 0 spiro atoms. The molecule has 2 aromatic heterocycles. The lowest BCUT2D eigenvalue weighted by atomic mass is 10.0. The van der Waals surface area contributed by atoms with Crippen molar-refractivity contribution in [2.24, 2.45) is 0 Å². The minimum Gasteiger partial charge on any atom is -0.356 e. The Morgan fingerprint density at radius 3 is 2.47 bits per heavy atom. The second kappa shape index (κ2) is 8.69. The van der Waals surface area contributed by atoms with Gasteiger partial charge in [0.1, 0.15) is 5.82 Å². The molecule has 6 heteroatoms. The van der Waals surface area contributed by atoms with E-state index in [4.69, 9.17) is 0 Å². The van der Waals surface area contributed by atoms with Crippen molar-refractivity contribution < 1.29 is 4.79 Å². The number of hydrogen-bond donors (Lipinski definition) is 1. The third-order valence-corrected chi connectivity index (χ3v) is 5.81. The fourth-order valence-electron chi connectivity index (χ4n) is 4.15. The van der Waals surface area contributed by atoms with Crippen molar-refractivity contribution in [1.82, 2.24) is 20.1 Å². The van der Waals surface area contributed by atoms with Crippen LogP contribution in [0.4, 0.5) is 5.82 Å². The monoisotopic (exact) mass is 403 g/mol. The van der Waals surface area contributed by atoms with Crippen LogP contribution in [-0.4, -0.2) is 39.8 Å². The Labute approximate surface area is 177 Å². The fourth-order valence-corrected chi connectivity index (χ4v) is 4.15. The molecule has 1 amide bonds. The van der Waals surface area contributed by atoms with Gasteiger partial charge in [-0.15, -0.1) is 0 Å². The Kier molecular flexibility index (Phi) is 5.84. The molecule has 0 bridgehead atoms. The molecule has 3 aromatic rings. The molecule has 1 aliphatic heterocycles. The lowest BCUT2D eigenvalue weighted by Crippen LogP contribution is -2.45. The van der Waals surface area contributed by atoms with Gasteiger partial charge in [-0.3, -0.25) is 9.48 Å². The Morgan fingerprint density at radius 1 is 1.03 bits per heavy atom. The summed E-state index contributed by atoms with van der Waals surface area (Å²) in [7, 11) is 0. The Balaban J connectivity index is 1.39. The highest BCUT2D eigenvalue weighted by atomic mass is 16.1. The van der Waals surface area contributed by atoms with Crippen LogP contribution in [-0.2, 0) is 6.54 Å². The average molecular weight is 404 g/mol. The maximum atomic E-state index is 13.0. The second-order valence-corrected chi connectivity index (χ2v) is 8.06.